The lowest BCUT2D eigenvalue weighted by molar-refractivity contribution is -0.152. The van der Waals surface area contributed by atoms with E-state index < -0.39 is 41.5 Å². The minimum atomic E-state index is -0.966. The van der Waals surface area contributed by atoms with E-state index in [0.717, 1.165) is 16.7 Å². The number of nitrogens with zero attached hydrogens (tertiary/aromatic N) is 3. The summed E-state index contributed by atoms with van der Waals surface area (Å²) in [5.74, 6) is -0.909. The fourth-order valence-corrected chi connectivity index (χ4v) is 5.71. The lowest BCUT2D eigenvalue weighted by Crippen LogP contribution is -2.35. The fourth-order valence-electron chi connectivity index (χ4n) is 5.71. The highest BCUT2D eigenvalue weighted by molar-refractivity contribution is 5.87. The van der Waals surface area contributed by atoms with Crippen molar-refractivity contribution < 1.29 is 23.8 Å². The average Bonchev–Trinajstić information content (AvgIpc) is 3.62. The third-order valence-electron chi connectivity index (χ3n) is 7.49. The molecule has 0 spiro atoms. The third-order valence-corrected chi connectivity index (χ3v) is 7.49. The molecule has 44 heavy (non-hydrogen) atoms. The third kappa shape index (κ3) is 5.62. The smallest absolute Gasteiger partial charge is 0.303 e. The van der Waals surface area contributed by atoms with E-state index in [1.54, 1.807) is 4.57 Å². The summed E-state index contributed by atoms with van der Waals surface area (Å²) < 4.78 is 20.7. The molecule has 0 unspecified atom stereocenters. The Bertz CT molecular complexity index is 1730. The van der Waals surface area contributed by atoms with Crippen LogP contribution in [0.1, 0.15) is 43.2 Å². The van der Waals surface area contributed by atoms with Crippen molar-refractivity contribution >= 4 is 29.0 Å². The highest BCUT2D eigenvalue weighted by Gasteiger charge is 2.43. The van der Waals surface area contributed by atoms with E-state index in [4.69, 9.17) is 14.2 Å². The van der Waals surface area contributed by atoms with Crippen LogP contribution >= 0.6 is 0 Å². The minimum absolute atomic E-state index is 0.0305. The van der Waals surface area contributed by atoms with Crippen molar-refractivity contribution in [2.24, 2.45) is 0 Å². The van der Waals surface area contributed by atoms with Crippen LogP contribution in [0.25, 0.3) is 11.2 Å². The van der Waals surface area contributed by atoms with Gasteiger partial charge in [-0.3, -0.25) is 29.3 Å². The van der Waals surface area contributed by atoms with Crippen LogP contribution in [0.2, 0.25) is 0 Å². The minimum Gasteiger partial charge on any atom is -0.458 e. The summed E-state index contributed by atoms with van der Waals surface area (Å²) in [4.78, 5) is 47.5. The van der Waals surface area contributed by atoms with Gasteiger partial charge in [-0.25, -0.2) is 4.98 Å². The van der Waals surface area contributed by atoms with Gasteiger partial charge < -0.3 is 14.2 Å². The van der Waals surface area contributed by atoms with E-state index in [1.807, 2.05) is 91.0 Å². The van der Waals surface area contributed by atoms with Gasteiger partial charge in [-0.05, 0) is 16.7 Å². The zero-order valence-electron chi connectivity index (χ0n) is 24.2. The number of hydrogen-bond donors (Lipinski definition) is 2. The largest absolute Gasteiger partial charge is 0.458 e. The molecule has 1 saturated heterocycles. The number of hydrogen-bond acceptors (Lipinski definition) is 8. The van der Waals surface area contributed by atoms with Gasteiger partial charge in [-0.1, -0.05) is 91.0 Å². The molecule has 224 valence electrons. The van der Waals surface area contributed by atoms with E-state index in [9.17, 15) is 14.4 Å². The van der Waals surface area contributed by atoms with Gasteiger partial charge in [-0.15, -0.1) is 0 Å². The number of imidazole rings is 1. The number of ether oxygens (including phenoxy) is 3. The first-order chi connectivity index (χ1) is 21.3. The normalized spacial score (nSPS) is 18.3. The Morgan fingerprint density at radius 2 is 1.52 bits per heavy atom. The summed E-state index contributed by atoms with van der Waals surface area (Å²) in [7, 11) is 0. The maximum Gasteiger partial charge on any atom is 0.303 e. The zero-order valence-corrected chi connectivity index (χ0v) is 24.2. The van der Waals surface area contributed by atoms with Crippen molar-refractivity contribution in [1.82, 2.24) is 19.5 Å². The molecular weight excluding hydrogens is 562 g/mol. The average molecular weight is 594 g/mol. The molecule has 0 saturated carbocycles. The van der Waals surface area contributed by atoms with E-state index >= 15 is 0 Å². The molecule has 0 bridgehead atoms. The van der Waals surface area contributed by atoms with Crippen molar-refractivity contribution in [1.29, 1.82) is 0 Å². The molecular formula is C33H31N5O6. The number of carbonyl (C=O) groups excluding carboxylic acids is 2. The van der Waals surface area contributed by atoms with E-state index in [0.29, 0.717) is 6.42 Å². The number of aromatic amines is 1. The van der Waals surface area contributed by atoms with Crippen molar-refractivity contribution in [3.05, 3.63) is 124 Å². The fraction of sp³-hybridized carbons (Fsp3) is 0.242. The maximum atomic E-state index is 12.7. The second kappa shape index (κ2) is 12.2. The Morgan fingerprint density at radius 1 is 0.955 bits per heavy atom. The molecule has 6 rings (SSSR count). The molecule has 1 aliphatic heterocycles. The zero-order chi connectivity index (χ0) is 30.7. The number of aromatic nitrogens is 4. The number of rotatable bonds is 9. The number of fused-ring (bicyclic) bond motifs is 1. The van der Waals surface area contributed by atoms with Gasteiger partial charge in [0.15, 0.2) is 17.4 Å². The van der Waals surface area contributed by atoms with Gasteiger partial charge in [0, 0.05) is 20.3 Å². The lowest BCUT2D eigenvalue weighted by atomic mass is 9.80. The monoisotopic (exact) mass is 593 g/mol. The number of anilines is 1. The molecule has 3 atom stereocenters. The van der Waals surface area contributed by atoms with Gasteiger partial charge in [0.25, 0.3) is 5.56 Å². The van der Waals surface area contributed by atoms with Crippen LogP contribution in [0.5, 0.6) is 0 Å². The molecule has 1 amide bonds. The SMILES string of the molecule is CC(=O)Nc1nc2c(ncn2[C@@H]2O[C@H](COC(c3ccccc3)(c3ccccc3)c3ccccc3)C[C@H]2OC(C)=O)c(=O)[nH]1. The topological polar surface area (TPSA) is 137 Å². The molecule has 2 aromatic heterocycles. The van der Waals surface area contributed by atoms with Crippen LogP contribution in [0.4, 0.5) is 5.95 Å². The molecule has 1 aliphatic rings. The summed E-state index contributed by atoms with van der Waals surface area (Å²) in [6.07, 6.45) is -0.342. The second-order valence-electron chi connectivity index (χ2n) is 10.5. The number of nitrogens with one attached hydrogen (secondary N) is 2. The van der Waals surface area contributed by atoms with Crippen molar-refractivity contribution in [3.63, 3.8) is 0 Å². The molecule has 3 aromatic carbocycles. The Labute approximate surface area is 252 Å². The van der Waals surface area contributed by atoms with E-state index in [-0.39, 0.29) is 23.7 Å². The summed E-state index contributed by atoms with van der Waals surface area (Å²) in [5.41, 5.74) is 1.56. The van der Waals surface area contributed by atoms with Crippen LogP contribution in [-0.2, 0) is 29.4 Å². The Balaban J connectivity index is 1.36. The standard InChI is InChI=1S/C33H31N5O6/c1-21(39)35-32-36-29-28(30(41)37-32)34-20-38(29)31-27(43-22(2)40)18-26(44-31)19-42-33(23-12-6-3-7-13-23,24-14-8-4-9-15-24)25-16-10-5-11-17-25/h3-17,20,26-27,31H,18-19H2,1-2H3,(H2,35,36,37,39,41)/t26-,27+,31+/m0/s1. The van der Waals surface area contributed by atoms with E-state index in [2.05, 4.69) is 20.3 Å². The molecule has 11 nitrogen and oxygen atoms in total. The number of carbonyl (C=O) groups is 2. The molecule has 5 aromatic rings. The number of esters is 1. The number of H-pyrrole nitrogens is 1. The highest BCUT2D eigenvalue weighted by Crippen LogP contribution is 2.42. The van der Waals surface area contributed by atoms with Crippen LogP contribution < -0.4 is 10.9 Å². The van der Waals surface area contributed by atoms with Gasteiger partial charge >= 0.3 is 5.97 Å². The number of benzene rings is 3. The van der Waals surface area contributed by atoms with Crippen LogP contribution in [-0.4, -0.2) is 50.2 Å². The van der Waals surface area contributed by atoms with Crippen molar-refractivity contribution in [2.75, 3.05) is 11.9 Å². The first kappa shape index (κ1) is 29.0. The summed E-state index contributed by atoms with van der Waals surface area (Å²) in [6, 6.07) is 30.0. The quantitative estimate of drug-likeness (QED) is 0.191. The van der Waals surface area contributed by atoms with Crippen molar-refractivity contribution in [2.45, 2.75) is 44.3 Å². The predicted octanol–water partition coefficient (Wildman–Crippen LogP) is 4.31. The maximum absolute atomic E-state index is 12.7. The summed E-state index contributed by atoms with van der Waals surface area (Å²) in [5, 5.41) is 2.49. The van der Waals surface area contributed by atoms with Gasteiger partial charge in [0.2, 0.25) is 11.9 Å². The van der Waals surface area contributed by atoms with Crippen molar-refractivity contribution in [3.8, 4) is 0 Å². The molecule has 1 fully saturated rings. The molecule has 2 N–H and O–H groups in total. The van der Waals surface area contributed by atoms with Gasteiger partial charge in [-0.2, -0.15) is 4.98 Å². The summed E-state index contributed by atoms with van der Waals surface area (Å²) >= 11 is 0. The highest BCUT2D eigenvalue weighted by atomic mass is 16.6. The van der Waals surface area contributed by atoms with Crippen LogP contribution in [0, 0.1) is 0 Å². The molecule has 11 heteroatoms. The number of amides is 1. The van der Waals surface area contributed by atoms with Gasteiger partial charge in [0.05, 0.1) is 19.0 Å². The van der Waals surface area contributed by atoms with Crippen LogP contribution in [0.15, 0.2) is 102 Å². The second-order valence-corrected chi connectivity index (χ2v) is 10.5. The Morgan fingerprint density at radius 3 is 2.05 bits per heavy atom. The summed E-state index contributed by atoms with van der Waals surface area (Å²) in [6.45, 7) is 2.78. The van der Waals surface area contributed by atoms with Crippen LogP contribution in [0.3, 0.4) is 0 Å². The Hall–Kier alpha value is -5.13. The molecule has 0 aliphatic carbocycles. The predicted molar refractivity (Wildman–Crippen MR) is 162 cm³/mol. The van der Waals surface area contributed by atoms with E-state index in [1.165, 1.54) is 20.2 Å². The Kier molecular flexibility index (Phi) is 8.05. The first-order valence-corrected chi connectivity index (χ1v) is 14.2. The first-order valence-electron chi connectivity index (χ1n) is 14.2. The van der Waals surface area contributed by atoms with Gasteiger partial charge in [0.1, 0.15) is 11.7 Å². The lowest BCUT2D eigenvalue weighted by Gasteiger charge is -2.36. The molecule has 3 heterocycles. The molecule has 0 radical (unpaired) electrons.